The number of nitrogens with two attached hydrogens (primary N) is 1. The molecule has 6 rings (SSSR count). The highest BCUT2D eigenvalue weighted by Crippen LogP contribution is 2.44. The number of amides is 2. The highest BCUT2D eigenvalue weighted by Gasteiger charge is 2.44. The lowest BCUT2D eigenvalue weighted by Crippen LogP contribution is -2.53. The van der Waals surface area contributed by atoms with Gasteiger partial charge in [0.2, 0.25) is 5.91 Å². The summed E-state index contributed by atoms with van der Waals surface area (Å²) in [5, 5.41) is 13.3. The number of likely N-dealkylation sites (tertiary alicyclic amines) is 1. The molecule has 4 N–H and O–H groups in total. The summed E-state index contributed by atoms with van der Waals surface area (Å²) in [5.74, 6) is -0.654. The number of carboxylic acid groups (broad SMARTS) is 1. The van der Waals surface area contributed by atoms with E-state index in [-0.39, 0.29) is 12.5 Å². The number of allylic oxidation sites excluding steroid dienone is 1. The number of carbonyl (C=O) groups excluding carboxylic acids is 2. The molecule has 1 aliphatic carbocycles. The molecule has 0 unspecified atom stereocenters. The van der Waals surface area contributed by atoms with Crippen LogP contribution in [0.15, 0.2) is 72.9 Å². The predicted octanol–water partition coefficient (Wildman–Crippen LogP) is 7.59. The molecule has 1 saturated carbocycles. The summed E-state index contributed by atoms with van der Waals surface area (Å²) in [6, 6.07) is 18.9. The lowest BCUT2D eigenvalue weighted by atomic mass is 9.93. The van der Waals surface area contributed by atoms with Crippen molar-refractivity contribution in [2.75, 3.05) is 18.4 Å². The Kier molecular flexibility index (Phi) is 10.6. The second-order valence-electron chi connectivity index (χ2n) is 13.9. The number of aromatic carboxylic acids is 1. The normalized spacial score (nSPS) is 18.0. The van der Waals surface area contributed by atoms with E-state index in [1.165, 1.54) is 36.1 Å². The summed E-state index contributed by atoms with van der Waals surface area (Å²) in [7, 11) is 2.01. The number of aromatic nitrogens is 2. The Hall–Kier alpha value is -4.96. The fourth-order valence-electron chi connectivity index (χ4n) is 6.67. The van der Waals surface area contributed by atoms with Gasteiger partial charge in [0, 0.05) is 36.4 Å². The van der Waals surface area contributed by atoms with Crippen molar-refractivity contribution in [3.63, 3.8) is 0 Å². The molecule has 2 aromatic carbocycles. The summed E-state index contributed by atoms with van der Waals surface area (Å²) in [6.45, 7) is 7.91. The average Bonchev–Trinajstić information content (AvgIpc) is 3.81. The van der Waals surface area contributed by atoms with Gasteiger partial charge in [0.1, 0.15) is 11.1 Å². The maximum Gasteiger partial charge on any atom is 0.410 e. The Morgan fingerprint density at radius 1 is 1.06 bits per heavy atom. The van der Waals surface area contributed by atoms with Crippen LogP contribution in [0.25, 0.3) is 28.4 Å². The Balaban J connectivity index is 0.000000191. The van der Waals surface area contributed by atoms with E-state index in [0.29, 0.717) is 30.1 Å². The summed E-state index contributed by atoms with van der Waals surface area (Å²) >= 11 is 0. The Morgan fingerprint density at radius 2 is 1.78 bits per heavy atom. The van der Waals surface area contributed by atoms with E-state index < -0.39 is 23.2 Å². The summed E-state index contributed by atoms with van der Waals surface area (Å²) in [5.41, 5.74) is 11.0. The number of fused-ring (bicyclic) bond motifs is 1. The molecule has 10 nitrogen and oxygen atoms in total. The largest absolute Gasteiger partial charge is 0.478 e. The minimum atomic E-state index is -1.11. The van der Waals surface area contributed by atoms with Crippen LogP contribution in [0.5, 0.6) is 0 Å². The number of carbonyl (C=O) groups is 3. The highest BCUT2D eigenvalue weighted by atomic mass is 16.6. The van der Waals surface area contributed by atoms with Gasteiger partial charge in [-0.05, 0) is 100 Å². The molecular formula is C39H47N5O5. The van der Waals surface area contributed by atoms with Crippen molar-refractivity contribution in [2.45, 2.75) is 76.9 Å². The molecule has 2 aromatic heterocycles. The van der Waals surface area contributed by atoms with Crippen LogP contribution in [0.2, 0.25) is 0 Å². The first-order valence-electron chi connectivity index (χ1n) is 16.9. The molecule has 258 valence electrons. The van der Waals surface area contributed by atoms with E-state index in [2.05, 4.69) is 14.9 Å². The van der Waals surface area contributed by atoms with Crippen molar-refractivity contribution in [1.82, 2.24) is 14.5 Å². The lowest BCUT2D eigenvalue weighted by molar-refractivity contribution is -0.120. The van der Waals surface area contributed by atoms with Gasteiger partial charge in [0.05, 0.1) is 23.5 Å². The molecule has 0 radical (unpaired) electrons. The van der Waals surface area contributed by atoms with Gasteiger partial charge in [-0.1, -0.05) is 49.3 Å². The molecule has 0 spiro atoms. The van der Waals surface area contributed by atoms with Gasteiger partial charge in [-0.15, -0.1) is 0 Å². The Labute approximate surface area is 288 Å². The first-order valence-corrected chi connectivity index (χ1v) is 16.9. The maximum absolute atomic E-state index is 12.6. The van der Waals surface area contributed by atoms with E-state index in [1.807, 2.05) is 80.9 Å². The van der Waals surface area contributed by atoms with Crippen LogP contribution >= 0.6 is 0 Å². The Bertz CT molecular complexity index is 1840. The molecule has 0 bridgehead atoms. The van der Waals surface area contributed by atoms with Gasteiger partial charge >= 0.3 is 12.1 Å². The number of rotatable bonds is 6. The number of anilines is 1. The third-order valence-electron chi connectivity index (χ3n) is 9.09. The number of hydrogen-bond donors (Lipinski definition) is 3. The van der Waals surface area contributed by atoms with Crippen LogP contribution in [-0.4, -0.2) is 61.8 Å². The van der Waals surface area contributed by atoms with Crippen LogP contribution in [0.4, 0.5) is 10.5 Å². The summed E-state index contributed by atoms with van der Waals surface area (Å²) in [6.07, 6.45) is 10.6. The fraction of sp³-hybridized carbons (Fsp3) is 0.385. The number of aryl methyl sites for hydroxylation is 1. The zero-order valence-corrected chi connectivity index (χ0v) is 29.0. The van der Waals surface area contributed by atoms with E-state index in [4.69, 9.17) is 10.5 Å². The van der Waals surface area contributed by atoms with Crippen molar-refractivity contribution >= 4 is 40.6 Å². The highest BCUT2D eigenvalue weighted by molar-refractivity contribution is 5.99. The van der Waals surface area contributed by atoms with Crippen LogP contribution in [0, 0.1) is 0 Å². The second kappa shape index (κ2) is 14.7. The fourth-order valence-corrected chi connectivity index (χ4v) is 6.67. The van der Waals surface area contributed by atoms with Gasteiger partial charge in [-0.2, -0.15) is 0 Å². The van der Waals surface area contributed by atoms with E-state index in [0.717, 1.165) is 27.9 Å². The van der Waals surface area contributed by atoms with Crippen molar-refractivity contribution in [1.29, 1.82) is 0 Å². The summed E-state index contributed by atoms with van der Waals surface area (Å²) < 4.78 is 7.45. The molecule has 4 aromatic rings. The molecule has 10 heteroatoms. The zero-order chi connectivity index (χ0) is 35.3. The number of carboxylic acids is 1. The number of ether oxygens (including phenoxy) is 1. The van der Waals surface area contributed by atoms with Gasteiger partial charge in [-0.3, -0.25) is 9.78 Å². The number of pyridine rings is 1. The SMILES string of the molecule is C/C=C/c1ccc(NC(=O)[C@]2(N)CCN(C(=O)OC(C)(C)C)C2)cc1.Cn1c(-c2ccccn2)c(C2CCCC2)c2ccc(C(=O)O)cc21. The molecule has 1 atom stereocenters. The van der Waals surface area contributed by atoms with Crippen molar-refractivity contribution in [2.24, 2.45) is 12.8 Å². The monoisotopic (exact) mass is 665 g/mol. The minimum absolute atomic E-state index is 0.143. The maximum atomic E-state index is 12.6. The van der Waals surface area contributed by atoms with Crippen molar-refractivity contribution in [3.8, 4) is 11.4 Å². The third kappa shape index (κ3) is 8.20. The molecule has 1 aliphatic heterocycles. The van der Waals surface area contributed by atoms with E-state index in [9.17, 15) is 19.5 Å². The van der Waals surface area contributed by atoms with Crippen LogP contribution < -0.4 is 11.1 Å². The van der Waals surface area contributed by atoms with E-state index in [1.54, 1.807) is 32.9 Å². The van der Waals surface area contributed by atoms with Gasteiger partial charge < -0.3 is 30.4 Å². The summed E-state index contributed by atoms with van der Waals surface area (Å²) in [4.78, 5) is 42.1. The van der Waals surface area contributed by atoms with E-state index >= 15 is 0 Å². The number of benzene rings is 2. The zero-order valence-electron chi connectivity index (χ0n) is 29.0. The molecule has 2 amide bonds. The van der Waals surface area contributed by atoms with Crippen molar-refractivity contribution < 1.29 is 24.2 Å². The number of nitrogens with one attached hydrogen (secondary N) is 1. The third-order valence-corrected chi connectivity index (χ3v) is 9.09. The molecule has 3 heterocycles. The van der Waals surface area contributed by atoms with Gasteiger partial charge in [-0.25, -0.2) is 9.59 Å². The van der Waals surface area contributed by atoms with Crippen molar-refractivity contribution in [3.05, 3.63) is 89.6 Å². The van der Waals surface area contributed by atoms with Crippen LogP contribution in [0.3, 0.4) is 0 Å². The standard InChI is InChI=1S/C20H20N2O2.C19H27N3O3/c1-22-17-12-14(20(23)24)9-10-15(17)18(13-6-2-3-7-13)19(22)16-8-4-5-11-21-16;1-5-6-14-7-9-15(10-8-14)21-16(23)19(20)11-12-22(13-19)17(24)25-18(2,3)4/h4-5,8-13H,2-3,6-7H2,1H3,(H,23,24);5-10H,11-13,20H2,1-4H3,(H,21,23)/b;6-5+/t;19-/m.0/s1. The molecule has 2 aliphatic rings. The average molecular weight is 666 g/mol. The topological polar surface area (TPSA) is 140 Å². The molecule has 49 heavy (non-hydrogen) atoms. The number of hydrogen-bond acceptors (Lipinski definition) is 6. The Morgan fingerprint density at radius 3 is 2.39 bits per heavy atom. The molecule has 2 fully saturated rings. The molecular weight excluding hydrogens is 618 g/mol. The van der Waals surface area contributed by atoms with Crippen LogP contribution in [-0.2, 0) is 16.6 Å². The molecule has 1 saturated heterocycles. The lowest BCUT2D eigenvalue weighted by Gasteiger charge is -2.26. The van der Waals surface area contributed by atoms with Crippen LogP contribution in [0.1, 0.15) is 87.2 Å². The smallest absolute Gasteiger partial charge is 0.410 e. The van der Waals surface area contributed by atoms with Gasteiger partial charge in [0.25, 0.3) is 0 Å². The minimum Gasteiger partial charge on any atom is -0.478 e. The number of nitrogens with zero attached hydrogens (tertiary/aromatic N) is 3. The van der Waals surface area contributed by atoms with Gasteiger partial charge in [0.15, 0.2) is 0 Å². The first kappa shape index (κ1) is 35.3. The predicted molar refractivity (Wildman–Crippen MR) is 193 cm³/mol. The first-order chi connectivity index (χ1) is 23.3. The quantitative estimate of drug-likeness (QED) is 0.193. The second-order valence-corrected chi connectivity index (χ2v) is 13.9.